The third-order valence-corrected chi connectivity index (χ3v) is 5.29. The molecule has 24 heavy (non-hydrogen) atoms. The molecule has 0 bridgehead atoms. The first kappa shape index (κ1) is 15.2. The van der Waals surface area contributed by atoms with E-state index in [9.17, 15) is 4.79 Å². The van der Waals surface area contributed by atoms with E-state index >= 15 is 0 Å². The van der Waals surface area contributed by atoms with Crippen LogP contribution in [0.25, 0.3) is 0 Å². The van der Waals surface area contributed by atoms with Crippen LogP contribution in [0.2, 0.25) is 0 Å². The number of hydrogen-bond acceptors (Lipinski definition) is 2. The van der Waals surface area contributed by atoms with E-state index in [2.05, 4.69) is 47.2 Å². The molecule has 0 unspecified atom stereocenters. The molecule has 1 aromatic carbocycles. The lowest BCUT2D eigenvalue weighted by Gasteiger charge is -2.23. The molecular formula is C20H20N2OS. The number of amides is 1. The van der Waals surface area contributed by atoms with E-state index < -0.39 is 0 Å². The maximum absolute atomic E-state index is 12.8. The van der Waals surface area contributed by atoms with Crippen LogP contribution in [0.15, 0.2) is 66.2 Å². The van der Waals surface area contributed by atoms with Crippen molar-refractivity contribution < 1.29 is 4.79 Å². The van der Waals surface area contributed by atoms with Crippen molar-refractivity contribution in [1.29, 1.82) is 0 Å². The SMILES string of the molecule is O=C(c1cccs1)N(Cc1cccn1Cc1ccccc1)C1CC1. The predicted molar refractivity (Wildman–Crippen MR) is 97.2 cm³/mol. The summed E-state index contributed by atoms with van der Waals surface area (Å²) in [4.78, 5) is 15.7. The minimum absolute atomic E-state index is 0.167. The van der Waals surface area contributed by atoms with Crippen LogP contribution in [0.5, 0.6) is 0 Å². The van der Waals surface area contributed by atoms with Gasteiger partial charge in [-0.25, -0.2) is 0 Å². The number of carbonyl (C=O) groups excluding carboxylic acids is 1. The highest BCUT2D eigenvalue weighted by Crippen LogP contribution is 2.30. The first-order valence-corrected chi connectivity index (χ1v) is 9.21. The summed E-state index contributed by atoms with van der Waals surface area (Å²) in [6.45, 7) is 1.52. The van der Waals surface area contributed by atoms with Crippen molar-refractivity contribution in [2.75, 3.05) is 0 Å². The van der Waals surface area contributed by atoms with E-state index in [0.717, 1.165) is 24.3 Å². The van der Waals surface area contributed by atoms with Crippen LogP contribution in [0.1, 0.15) is 33.8 Å². The highest BCUT2D eigenvalue weighted by molar-refractivity contribution is 7.12. The fraction of sp³-hybridized carbons (Fsp3) is 0.250. The first-order chi connectivity index (χ1) is 11.8. The topological polar surface area (TPSA) is 25.2 Å². The molecule has 0 saturated heterocycles. The Morgan fingerprint density at radius 1 is 1.08 bits per heavy atom. The van der Waals surface area contributed by atoms with E-state index in [1.54, 1.807) is 0 Å². The maximum Gasteiger partial charge on any atom is 0.264 e. The van der Waals surface area contributed by atoms with Gasteiger partial charge in [0, 0.05) is 24.5 Å². The van der Waals surface area contributed by atoms with Gasteiger partial charge in [-0.05, 0) is 42.0 Å². The summed E-state index contributed by atoms with van der Waals surface area (Å²) < 4.78 is 2.24. The quantitative estimate of drug-likeness (QED) is 0.655. The molecule has 0 N–H and O–H groups in total. The number of carbonyl (C=O) groups is 1. The molecule has 0 atom stereocenters. The molecule has 1 fully saturated rings. The molecular weight excluding hydrogens is 316 g/mol. The lowest BCUT2D eigenvalue weighted by molar-refractivity contribution is 0.0731. The molecule has 3 nitrogen and oxygen atoms in total. The van der Waals surface area contributed by atoms with Gasteiger partial charge < -0.3 is 9.47 Å². The van der Waals surface area contributed by atoms with Gasteiger partial charge in [0.1, 0.15) is 0 Å². The molecule has 1 aliphatic carbocycles. The van der Waals surface area contributed by atoms with Crippen LogP contribution >= 0.6 is 11.3 Å². The highest BCUT2D eigenvalue weighted by atomic mass is 32.1. The first-order valence-electron chi connectivity index (χ1n) is 8.33. The van der Waals surface area contributed by atoms with Gasteiger partial charge >= 0.3 is 0 Å². The zero-order chi connectivity index (χ0) is 16.4. The van der Waals surface area contributed by atoms with E-state index in [1.165, 1.54) is 22.6 Å². The van der Waals surface area contributed by atoms with Crippen LogP contribution in [-0.4, -0.2) is 21.4 Å². The normalized spacial score (nSPS) is 13.8. The van der Waals surface area contributed by atoms with Gasteiger partial charge in [-0.15, -0.1) is 11.3 Å². The van der Waals surface area contributed by atoms with Gasteiger partial charge in [0.15, 0.2) is 0 Å². The summed E-state index contributed by atoms with van der Waals surface area (Å²) in [7, 11) is 0. The van der Waals surface area contributed by atoms with Crippen molar-refractivity contribution in [3.8, 4) is 0 Å². The van der Waals surface area contributed by atoms with Crippen LogP contribution in [0, 0.1) is 0 Å². The second-order valence-electron chi connectivity index (χ2n) is 6.25. The largest absolute Gasteiger partial charge is 0.345 e. The molecule has 0 spiro atoms. The Morgan fingerprint density at radius 2 is 1.92 bits per heavy atom. The second-order valence-corrected chi connectivity index (χ2v) is 7.20. The Balaban J connectivity index is 1.53. The van der Waals surface area contributed by atoms with E-state index in [0.29, 0.717) is 12.6 Å². The Morgan fingerprint density at radius 3 is 2.62 bits per heavy atom. The third-order valence-electron chi connectivity index (χ3n) is 4.43. The van der Waals surface area contributed by atoms with Crippen LogP contribution in [0.3, 0.4) is 0 Å². The van der Waals surface area contributed by atoms with Crippen molar-refractivity contribution in [2.45, 2.75) is 32.0 Å². The molecule has 1 saturated carbocycles. The predicted octanol–water partition coefficient (Wildman–Crippen LogP) is 4.40. The van der Waals surface area contributed by atoms with Crippen LogP contribution in [-0.2, 0) is 13.1 Å². The van der Waals surface area contributed by atoms with Crippen molar-refractivity contribution in [1.82, 2.24) is 9.47 Å². The van der Waals surface area contributed by atoms with Crippen molar-refractivity contribution in [3.63, 3.8) is 0 Å². The summed E-state index contributed by atoms with van der Waals surface area (Å²) in [5.74, 6) is 0.167. The van der Waals surface area contributed by atoms with Gasteiger partial charge in [-0.2, -0.15) is 0 Å². The van der Waals surface area contributed by atoms with Crippen molar-refractivity contribution in [2.24, 2.45) is 0 Å². The summed E-state index contributed by atoms with van der Waals surface area (Å²) in [5.41, 5.74) is 2.47. The molecule has 0 radical (unpaired) electrons. The fourth-order valence-electron chi connectivity index (χ4n) is 3.00. The zero-order valence-electron chi connectivity index (χ0n) is 13.5. The molecule has 4 heteroatoms. The number of nitrogens with zero attached hydrogens (tertiary/aromatic N) is 2. The van der Waals surface area contributed by atoms with Gasteiger partial charge in [0.25, 0.3) is 5.91 Å². The molecule has 1 aliphatic rings. The summed E-state index contributed by atoms with van der Waals surface area (Å²) in [5, 5.41) is 1.97. The summed E-state index contributed by atoms with van der Waals surface area (Å²) >= 11 is 1.53. The van der Waals surface area contributed by atoms with E-state index in [-0.39, 0.29) is 5.91 Å². The minimum Gasteiger partial charge on any atom is -0.345 e. The molecule has 2 aromatic heterocycles. The second kappa shape index (κ2) is 6.65. The number of benzene rings is 1. The Hall–Kier alpha value is -2.33. The van der Waals surface area contributed by atoms with Gasteiger partial charge in [0.05, 0.1) is 11.4 Å². The van der Waals surface area contributed by atoms with Gasteiger partial charge in [-0.3, -0.25) is 4.79 Å². The smallest absolute Gasteiger partial charge is 0.264 e. The fourth-order valence-corrected chi connectivity index (χ4v) is 3.68. The number of hydrogen-bond donors (Lipinski definition) is 0. The maximum atomic E-state index is 12.8. The highest BCUT2D eigenvalue weighted by Gasteiger charge is 2.33. The third kappa shape index (κ3) is 3.29. The zero-order valence-corrected chi connectivity index (χ0v) is 14.3. The molecule has 4 rings (SSSR count). The minimum atomic E-state index is 0.167. The van der Waals surface area contributed by atoms with E-state index in [4.69, 9.17) is 0 Å². The summed E-state index contributed by atoms with van der Waals surface area (Å²) in [6.07, 6.45) is 4.34. The molecule has 122 valence electrons. The van der Waals surface area contributed by atoms with Crippen molar-refractivity contribution in [3.05, 3.63) is 82.3 Å². The lowest BCUT2D eigenvalue weighted by Crippen LogP contribution is -2.32. The monoisotopic (exact) mass is 336 g/mol. The molecule has 1 amide bonds. The van der Waals surface area contributed by atoms with Crippen LogP contribution < -0.4 is 0 Å². The van der Waals surface area contributed by atoms with Gasteiger partial charge in [0.2, 0.25) is 0 Å². The molecule has 3 aromatic rings. The van der Waals surface area contributed by atoms with Crippen LogP contribution in [0.4, 0.5) is 0 Å². The van der Waals surface area contributed by atoms with E-state index in [1.807, 2.05) is 28.5 Å². The number of aromatic nitrogens is 1. The average Bonchev–Trinajstić information content (AvgIpc) is 3.12. The Kier molecular flexibility index (Phi) is 4.22. The Bertz CT molecular complexity index is 803. The lowest BCUT2D eigenvalue weighted by atomic mass is 10.2. The average molecular weight is 336 g/mol. The standard InChI is InChI=1S/C20H20N2OS/c23-20(19-9-5-13-24-19)22(17-10-11-17)15-18-8-4-12-21(18)14-16-6-2-1-3-7-16/h1-9,12-13,17H,10-11,14-15H2. The van der Waals surface area contributed by atoms with Gasteiger partial charge in [-0.1, -0.05) is 36.4 Å². The Labute approximate surface area is 146 Å². The molecule has 2 heterocycles. The van der Waals surface area contributed by atoms with Crippen molar-refractivity contribution >= 4 is 17.2 Å². The number of rotatable bonds is 6. The summed E-state index contributed by atoms with van der Waals surface area (Å²) in [6, 6.07) is 18.9. The molecule has 0 aliphatic heterocycles. The number of thiophene rings is 1.